The molecule has 1 unspecified atom stereocenters. The zero-order valence-electron chi connectivity index (χ0n) is 6.76. The van der Waals surface area contributed by atoms with Gasteiger partial charge in [0.1, 0.15) is 0 Å². The minimum absolute atomic E-state index is 0.0914. The van der Waals surface area contributed by atoms with Crippen LogP contribution in [0.3, 0.4) is 0 Å². The van der Waals surface area contributed by atoms with Gasteiger partial charge in [0.2, 0.25) is 0 Å². The molecule has 2 heteroatoms. The van der Waals surface area contributed by atoms with Crippen LogP contribution in [0.15, 0.2) is 0 Å². The van der Waals surface area contributed by atoms with Crippen LogP contribution in [0.1, 0.15) is 27.2 Å². The lowest BCUT2D eigenvalue weighted by Gasteiger charge is -2.27. The molecule has 0 aromatic rings. The summed E-state index contributed by atoms with van der Waals surface area (Å²) >= 11 is 3.47. The second kappa shape index (κ2) is 2.49. The zero-order chi connectivity index (χ0) is 7.94. The smallest absolute Gasteiger partial charge is 0.0718 e. The zero-order valence-corrected chi connectivity index (χ0v) is 8.35. The Hall–Kier alpha value is 0.440. The third-order valence-electron chi connectivity index (χ3n) is 2.95. The van der Waals surface area contributed by atoms with Gasteiger partial charge in [-0.05, 0) is 17.8 Å². The average Bonchev–Trinajstić information content (AvgIpc) is 1.97. The Morgan fingerprint density at radius 1 is 1.50 bits per heavy atom. The Labute approximate surface area is 70.9 Å². The van der Waals surface area contributed by atoms with Crippen molar-refractivity contribution >= 4 is 15.9 Å². The molecule has 60 valence electrons. The fourth-order valence-corrected chi connectivity index (χ4v) is 2.77. The van der Waals surface area contributed by atoms with E-state index in [0.29, 0.717) is 10.7 Å². The van der Waals surface area contributed by atoms with Crippen molar-refractivity contribution in [2.45, 2.75) is 38.1 Å². The predicted octanol–water partition coefficient (Wildman–Crippen LogP) is 2.18. The van der Waals surface area contributed by atoms with Crippen molar-refractivity contribution < 1.29 is 5.11 Å². The molecule has 10 heavy (non-hydrogen) atoms. The van der Waals surface area contributed by atoms with Crippen molar-refractivity contribution in [2.75, 3.05) is 0 Å². The molecular formula is C8H15BrO. The molecule has 0 spiro atoms. The first-order valence-electron chi connectivity index (χ1n) is 3.78. The van der Waals surface area contributed by atoms with Crippen LogP contribution in [0, 0.1) is 11.3 Å². The largest absolute Gasteiger partial charge is 0.391 e. The lowest BCUT2D eigenvalue weighted by molar-refractivity contribution is 0.0624. The highest BCUT2D eigenvalue weighted by Gasteiger charge is 2.44. The molecule has 3 atom stereocenters. The molecule has 0 bridgehead atoms. The summed E-state index contributed by atoms with van der Waals surface area (Å²) in [5.74, 6) is 0.617. The van der Waals surface area contributed by atoms with Crippen LogP contribution in [0.2, 0.25) is 0 Å². The number of aliphatic hydroxyl groups is 1. The van der Waals surface area contributed by atoms with E-state index in [9.17, 15) is 5.11 Å². The third kappa shape index (κ3) is 1.12. The monoisotopic (exact) mass is 206 g/mol. The van der Waals surface area contributed by atoms with Gasteiger partial charge >= 0.3 is 0 Å². The second-order valence-corrected chi connectivity index (χ2v) is 5.10. The minimum Gasteiger partial charge on any atom is -0.391 e. The SMILES string of the molecule is CC1C[C@H](Br)[C@@H](O)C1(C)C. The van der Waals surface area contributed by atoms with Crippen molar-refractivity contribution in [2.24, 2.45) is 11.3 Å². The Bertz CT molecular complexity index is 133. The fraction of sp³-hybridized carbons (Fsp3) is 1.00. The molecule has 1 nitrogen and oxygen atoms in total. The van der Waals surface area contributed by atoms with Gasteiger partial charge in [-0.25, -0.2) is 0 Å². The molecule has 1 aliphatic carbocycles. The Morgan fingerprint density at radius 3 is 2.10 bits per heavy atom. The molecule has 0 heterocycles. The fourth-order valence-electron chi connectivity index (χ4n) is 1.53. The van der Waals surface area contributed by atoms with E-state index in [2.05, 4.69) is 36.7 Å². The second-order valence-electron chi connectivity index (χ2n) is 3.92. The van der Waals surface area contributed by atoms with Crippen molar-refractivity contribution in [1.82, 2.24) is 0 Å². The first-order valence-corrected chi connectivity index (χ1v) is 4.70. The molecule has 1 aliphatic rings. The van der Waals surface area contributed by atoms with Crippen LogP contribution < -0.4 is 0 Å². The summed E-state index contributed by atoms with van der Waals surface area (Å²) in [4.78, 5) is 0.303. The van der Waals surface area contributed by atoms with Gasteiger partial charge in [-0.2, -0.15) is 0 Å². The molecule has 0 radical (unpaired) electrons. The standard InChI is InChI=1S/C8H15BrO/c1-5-4-6(9)7(10)8(5,2)3/h5-7,10H,4H2,1-3H3/t5?,6-,7+/m0/s1. The lowest BCUT2D eigenvalue weighted by atomic mass is 9.82. The van der Waals surface area contributed by atoms with E-state index in [0.717, 1.165) is 6.42 Å². The van der Waals surface area contributed by atoms with E-state index in [-0.39, 0.29) is 11.5 Å². The average molecular weight is 207 g/mol. The normalized spacial score (nSPS) is 45.9. The topological polar surface area (TPSA) is 20.2 Å². The number of alkyl halides is 1. The van der Waals surface area contributed by atoms with E-state index in [1.165, 1.54) is 0 Å². The summed E-state index contributed by atoms with van der Waals surface area (Å²) in [5, 5.41) is 9.65. The molecule has 0 aliphatic heterocycles. The van der Waals surface area contributed by atoms with E-state index < -0.39 is 0 Å². The summed E-state index contributed by atoms with van der Waals surface area (Å²) in [7, 11) is 0. The summed E-state index contributed by atoms with van der Waals surface area (Å²) in [6, 6.07) is 0. The van der Waals surface area contributed by atoms with E-state index in [1.54, 1.807) is 0 Å². The van der Waals surface area contributed by atoms with E-state index in [1.807, 2.05) is 0 Å². The van der Waals surface area contributed by atoms with Crippen LogP contribution in [0.4, 0.5) is 0 Å². The molecule has 1 fully saturated rings. The van der Waals surface area contributed by atoms with Gasteiger partial charge in [-0.15, -0.1) is 0 Å². The molecule has 1 saturated carbocycles. The van der Waals surface area contributed by atoms with E-state index >= 15 is 0 Å². The maximum atomic E-state index is 9.65. The minimum atomic E-state index is -0.178. The Balaban J connectivity index is 2.75. The van der Waals surface area contributed by atoms with Gasteiger partial charge in [-0.1, -0.05) is 36.7 Å². The van der Waals surface area contributed by atoms with E-state index in [4.69, 9.17) is 0 Å². The van der Waals surface area contributed by atoms with Crippen molar-refractivity contribution in [3.8, 4) is 0 Å². The molecule has 1 rings (SSSR count). The molecule has 0 saturated heterocycles. The van der Waals surface area contributed by atoms with Crippen LogP contribution in [0.5, 0.6) is 0 Å². The van der Waals surface area contributed by atoms with Crippen molar-refractivity contribution in [3.63, 3.8) is 0 Å². The number of hydrogen-bond acceptors (Lipinski definition) is 1. The highest BCUT2D eigenvalue weighted by molar-refractivity contribution is 9.09. The first kappa shape index (κ1) is 8.54. The maximum Gasteiger partial charge on any atom is 0.0718 e. The summed E-state index contributed by atoms with van der Waals surface area (Å²) in [5.41, 5.74) is 0.0914. The van der Waals surface area contributed by atoms with Gasteiger partial charge < -0.3 is 5.11 Å². The van der Waals surface area contributed by atoms with Crippen molar-refractivity contribution in [1.29, 1.82) is 0 Å². The van der Waals surface area contributed by atoms with Crippen LogP contribution in [-0.4, -0.2) is 16.0 Å². The van der Waals surface area contributed by atoms with Crippen LogP contribution >= 0.6 is 15.9 Å². The summed E-state index contributed by atoms with van der Waals surface area (Å²) in [6.07, 6.45) is 0.913. The van der Waals surface area contributed by atoms with Gasteiger partial charge in [0.05, 0.1) is 6.10 Å². The summed E-state index contributed by atoms with van der Waals surface area (Å²) in [6.45, 7) is 6.46. The van der Waals surface area contributed by atoms with Gasteiger partial charge in [-0.3, -0.25) is 0 Å². The van der Waals surface area contributed by atoms with Crippen LogP contribution in [-0.2, 0) is 0 Å². The molecule has 0 amide bonds. The Morgan fingerprint density at radius 2 is 2.00 bits per heavy atom. The highest BCUT2D eigenvalue weighted by atomic mass is 79.9. The lowest BCUT2D eigenvalue weighted by Crippen LogP contribution is -2.30. The third-order valence-corrected chi connectivity index (χ3v) is 3.83. The predicted molar refractivity (Wildman–Crippen MR) is 46.3 cm³/mol. The van der Waals surface area contributed by atoms with Gasteiger partial charge in [0.15, 0.2) is 0 Å². The van der Waals surface area contributed by atoms with Gasteiger partial charge in [0.25, 0.3) is 0 Å². The molecule has 1 N–H and O–H groups in total. The first-order chi connectivity index (χ1) is 4.46. The molecule has 0 aromatic carbocycles. The quantitative estimate of drug-likeness (QED) is 0.603. The van der Waals surface area contributed by atoms with Crippen LogP contribution in [0.25, 0.3) is 0 Å². The number of hydrogen-bond donors (Lipinski definition) is 1. The molecule has 0 aromatic heterocycles. The number of halogens is 1. The number of aliphatic hydroxyl groups excluding tert-OH is 1. The highest BCUT2D eigenvalue weighted by Crippen LogP contribution is 2.45. The number of rotatable bonds is 0. The van der Waals surface area contributed by atoms with Gasteiger partial charge in [0, 0.05) is 4.83 Å². The Kier molecular flexibility index (Phi) is 2.12. The summed E-state index contributed by atoms with van der Waals surface area (Å²) < 4.78 is 0. The molecular weight excluding hydrogens is 192 g/mol. The van der Waals surface area contributed by atoms with Crippen molar-refractivity contribution in [3.05, 3.63) is 0 Å². The maximum absolute atomic E-state index is 9.65.